The first-order chi connectivity index (χ1) is 15.3. The fraction of sp³-hybridized carbons (Fsp3) is 0.448. The topological polar surface area (TPSA) is 46.6 Å². The van der Waals surface area contributed by atoms with E-state index in [1.165, 1.54) is 10.5 Å². The van der Waals surface area contributed by atoms with Crippen LogP contribution in [0.4, 0.5) is 0 Å². The van der Waals surface area contributed by atoms with E-state index in [0.29, 0.717) is 17.7 Å². The van der Waals surface area contributed by atoms with Crippen molar-refractivity contribution in [3.8, 4) is 5.75 Å². The second-order valence-corrected chi connectivity index (χ2v) is 10.8. The summed E-state index contributed by atoms with van der Waals surface area (Å²) < 4.78 is 6.21. The molecule has 4 nitrogen and oxygen atoms in total. The number of nitrogens with zero attached hydrogens (tertiary/aromatic N) is 1. The van der Waals surface area contributed by atoms with Gasteiger partial charge in [0.15, 0.2) is 5.78 Å². The molecule has 4 heteroatoms. The lowest BCUT2D eigenvalue weighted by Gasteiger charge is -2.29. The van der Waals surface area contributed by atoms with Crippen LogP contribution in [0.3, 0.4) is 0 Å². The van der Waals surface area contributed by atoms with Crippen LogP contribution >= 0.6 is 0 Å². The molecule has 0 N–H and O–H groups in total. The molecular weight excluding hydrogens is 410 g/mol. The lowest BCUT2D eigenvalue weighted by Crippen LogP contribution is -2.21. The first-order valence-electron chi connectivity index (χ1n) is 11.6. The molecule has 0 unspecified atom stereocenters. The fourth-order valence-corrected chi connectivity index (χ4v) is 3.43. The van der Waals surface area contributed by atoms with E-state index in [4.69, 9.17) is 4.74 Å². The standard InChI is InChI=1S/C29H39NO3/c1-10-17-33-26-22(18-23(28(2,3)4)19-24(26)29(5,6)7)15-16-25(31)20-11-13-21(14-12-20)27(32)30(8)9/h11-16,18-19H,10,17H2,1-9H3. The van der Waals surface area contributed by atoms with Crippen LogP contribution in [-0.4, -0.2) is 37.3 Å². The van der Waals surface area contributed by atoms with Crippen molar-refractivity contribution >= 4 is 17.8 Å². The van der Waals surface area contributed by atoms with Gasteiger partial charge in [0.1, 0.15) is 5.75 Å². The number of ether oxygens (including phenoxy) is 1. The smallest absolute Gasteiger partial charge is 0.253 e. The van der Waals surface area contributed by atoms with E-state index in [-0.39, 0.29) is 22.5 Å². The summed E-state index contributed by atoms with van der Waals surface area (Å²) in [4.78, 5) is 26.5. The van der Waals surface area contributed by atoms with E-state index >= 15 is 0 Å². The Hall–Kier alpha value is -2.88. The predicted molar refractivity (Wildman–Crippen MR) is 137 cm³/mol. The van der Waals surface area contributed by atoms with E-state index < -0.39 is 0 Å². The highest BCUT2D eigenvalue weighted by Gasteiger charge is 2.25. The largest absolute Gasteiger partial charge is 0.493 e. The van der Waals surface area contributed by atoms with Gasteiger partial charge < -0.3 is 9.64 Å². The van der Waals surface area contributed by atoms with Crippen LogP contribution < -0.4 is 4.74 Å². The molecule has 0 aliphatic heterocycles. The molecule has 0 radical (unpaired) electrons. The van der Waals surface area contributed by atoms with Crippen LogP contribution in [0.15, 0.2) is 42.5 Å². The molecule has 0 fully saturated rings. The number of hydrogen-bond donors (Lipinski definition) is 0. The second kappa shape index (κ2) is 10.4. The minimum Gasteiger partial charge on any atom is -0.493 e. The maximum Gasteiger partial charge on any atom is 0.253 e. The summed E-state index contributed by atoms with van der Waals surface area (Å²) in [5, 5.41) is 0. The Balaban J connectivity index is 2.49. The summed E-state index contributed by atoms with van der Waals surface area (Å²) >= 11 is 0. The molecule has 1 amide bonds. The Morgan fingerprint density at radius 2 is 1.48 bits per heavy atom. The highest BCUT2D eigenvalue weighted by Crippen LogP contribution is 2.39. The van der Waals surface area contributed by atoms with Crippen molar-refractivity contribution in [2.75, 3.05) is 20.7 Å². The van der Waals surface area contributed by atoms with Gasteiger partial charge in [-0.2, -0.15) is 0 Å². The SMILES string of the molecule is CCCOc1c(C=CC(=O)c2ccc(C(=O)N(C)C)cc2)cc(C(C)(C)C)cc1C(C)(C)C. The zero-order valence-electron chi connectivity index (χ0n) is 21.7. The van der Waals surface area contributed by atoms with Gasteiger partial charge in [-0.25, -0.2) is 0 Å². The molecule has 0 saturated carbocycles. The minimum atomic E-state index is -0.112. The van der Waals surface area contributed by atoms with Crippen LogP contribution in [0.5, 0.6) is 5.75 Å². The Morgan fingerprint density at radius 3 is 1.97 bits per heavy atom. The molecular formula is C29H39NO3. The quantitative estimate of drug-likeness (QED) is 0.350. The van der Waals surface area contributed by atoms with Gasteiger partial charge in [-0.1, -0.05) is 66.7 Å². The molecule has 2 aromatic rings. The maximum absolute atomic E-state index is 12.9. The van der Waals surface area contributed by atoms with Gasteiger partial charge in [-0.05, 0) is 53.2 Å². The third-order valence-corrected chi connectivity index (χ3v) is 5.48. The third-order valence-electron chi connectivity index (χ3n) is 5.48. The number of hydrogen-bond acceptors (Lipinski definition) is 3. The Morgan fingerprint density at radius 1 is 0.909 bits per heavy atom. The molecule has 0 aliphatic rings. The molecule has 0 saturated heterocycles. The summed E-state index contributed by atoms with van der Waals surface area (Å²) in [6.45, 7) is 15.8. The summed E-state index contributed by atoms with van der Waals surface area (Å²) in [6, 6.07) is 11.1. The van der Waals surface area contributed by atoms with Crippen molar-refractivity contribution in [2.24, 2.45) is 0 Å². The monoisotopic (exact) mass is 449 g/mol. The molecule has 33 heavy (non-hydrogen) atoms. The summed E-state index contributed by atoms with van der Waals surface area (Å²) in [6.07, 6.45) is 4.36. The summed E-state index contributed by atoms with van der Waals surface area (Å²) in [5.41, 5.74) is 4.21. The van der Waals surface area contributed by atoms with E-state index in [1.807, 2.05) is 6.08 Å². The van der Waals surface area contributed by atoms with Crippen LogP contribution in [0.1, 0.15) is 92.3 Å². The maximum atomic E-state index is 12.9. The van der Waals surface area contributed by atoms with E-state index in [0.717, 1.165) is 23.3 Å². The number of ketones is 1. The molecule has 0 spiro atoms. The van der Waals surface area contributed by atoms with Gasteiger partial charge in [-0.15, -0.1) is 0 Å². The van der Waals surface area contributed by atoms with Crippen LogP contribution in [0.25, 0.3) is 6.08 Å². The second-order valence-electron chi connectivity index (χ2n) is 10.8. The molecule has 0 bridgehead atoms. The Kier molecular flexibility index (Phi) is 8.29. The number of allylic oxidation sites excluding steroid dienone is 1. The van der Waals surface area contributed by atoms with Gasteiger partial charge in [0, 0.05) is 36.3 Å². The van der Waals surface area contributed by atoms with Crippen LogP contribution in [0.2, 0.25) is 0 Å². The average Bonchev–Trinajstić information content (AvgIpc) is 2.73. The van der Waals surface area contributed by atoms with Crippen molar-refractivity contribution in [3.05, 3.63) is 70.3 Å². The molecule has 0 atom stereocenters. The first kappa shape index (κ1) is 26.4. The number of rotatable bonds is 7. The summed E-state index contributed by atoms with van der Waals surface area (Å²) in [7, 11) is 3.42. The highest BCUT2D eigenvalue weighted by molar-refractivity contribution is 6.07. The van der Waals surface area contributed by atoms with Gasteiger partial charge in [0.05, 0.1) is 6.61 Å². The van der Waals surface area contributed by atoms with Crippen LogP contribution in [-0.2, 0) is 10.8 Å². The van der Waals surface area contributed by atoms with Crippen molar-refractivity contribution in [3.63, 3.8) is 0 Å². The normalized spacial score (nSPS) is 12.2. The molecule has 0 aliphatic carbocycles. The molecule has 0 heterocycles. The number of benzene rings is 2. The molecule has 178 valence electrons. The number of carbonyl (C=O) groups excluding carboxylic acids is 2. The molecule has 2 aromatic carbocycles. The van der Waals surface area contributed by atoms with Crippen molar-refractivity contribution in [1.29, 1.82) is 0 Å². The number of amides is 1. The minimum absolute atomic E-state index is 0.0370. The van der Waals surface area contributed by atoms with E-state index in [1.54, 1.807) is 44.4 Å². The Bertz CT molecular complexity index is 1020. The van der Waals surface area contributed by atoms with Crippen LogP contribution in [0, 0.1) is 0 Å². The lowest BCUT2D eigenvalue weighted by atomic mass is 9.79. The molecule has 2 rings (SSSR count). The van der Waals surface area contributed by atoms with Gasteiger partial charge in [0.25, 0.3) is 5.91 Å². The zero-order chi connectivity index (χ0) is 25.0. The first-order valence-corrected chi connectivity index (χ1v) is 11.6. The lowest BCUT2D eigenvalue weighted by molar-refractivity contribution is 0.0827. The van der Waals surface area contributed by atoms with Crippen molar-refractivity contribution < 1.29 is 14.3 Å². The zero-order valence-corrected chi connectivity index (χ0v) is 21.7. The Labute approximate surface area is 199 Å². The fourth-order valence-electron chi connectivity index (χ4n) is 3.43. The summed E-state index contributed by atoms with van der Waals surface area (Å²) in [5.74, 6) is 0.642. The third kappa shape index (κ3) is 6.80. The highest BCUT2D eigenvalue weighted by atomic mass is 16.5. The van der Waals surface area contributed by atoms with Gasteiger partial charge in [0.2, 0.25) is 0 Å². The van der Waals surface area contributed by atoms with Gasteiger partial charge >= 0.3 is 0 Å². The average molecular weight is 450 g/mol. The predicted octanol–water partition coefficient (Wildman–Crippen LogP) is 6.67. The number of carbonyl (C=O) groups is 2. The van der Waals surface area contributed by atoms with E-state index in [9.17, 15) is 9.59 Å². The molecule has 0 aromatic heterocycles. The van der Waals surface area contributed by atoms with E-state index in [2.05, 4.69) is 60.6 Å². The van der Waals surface area contributed by atoms with Crippen molar-refractivity contribution in [2.45, 2.75) is 65.7 Å². The van der Waals surface area contributed by atoms with Gasteiger partial charge in [-0.3, -0.25) is 9.59 Å². The van der Waals surface area contributed by atoms with Crippen molar-refractivity contribution in [1.82, 2.24) is 4.90 Å².